The van der Waals surface area contributed by atoms with Crippen LogP contribution in [0.4, 0.5) is 10.5 Å². The van der Waals surface area contributed by atoms with Gasteiger partial charge < -0.3 is 20.2 Å². The maximum Gasteiger partial charge on any atom is 0.317 e. The van der Waals surface area contributed by atoms with Crippen LogP contribution in [0.25, 0.3) is 0 Å². The van der Waals surface area contributed by atoms with Gasteiger partial charge in [0.15, 0.2) is 0 Å². The van der Waals surface area contributed by atoms with E-state index in [0.29, 0.717) is 13.1 Å². The Balaban J connectivity index is 1.68. The number of benzene rings is 1. The Morgan fingerprint density at radius 2 is 2.04 bits per heavy atom. The largest absolute Gasteiger partial charge is 0.391 e. The zero-order valence-corrected chi connectivity index (χ0v) is 14.5. The van der Waals surface area contributed by atoms with Crippen molar-refractivity contribution < 1.29 is 9.90 Å². The van der Waals surface area contributed by atoms with E-state index in [1.165, 1.54) is 11.3 Å². The lowest BCUT2D eigenvalue weighted by atomic mass is 9.96. The number of piperidine rings is 1. The molecule has 1 heterocycles. The van der Waals surface area contributed by atoms with E-state index in [2.05, 4.69) is 34.5 Å². The lowest BCUT2D eigenvalue weighted by Crippen LogP contribution is -2.49. The molecule has 23 heavy (non-hydrogen) atoms. The van der Waals surface area contributed by atoms with Crippen LogP contribution in [0.15, 0.2) is 24.3 Å². The number of β-amino-alcohol motifs (C(OH)–C–C–N with tert-alkyl or cyclic N) is 1. The minimum atomic E-state index is -0.398. The summed E-state index contributed by atoms with van der Waals surface area (Å²) in [5, 5.41) is 12.8. The highest BCUT2D eigenvalue weighted by Gasteiger charge is 2.26. The number of aryl methyl sites for hydroxylation is 1. The first-order valence-corrected chi connectivity index (χ1v) is 8.44. The number of rotatable bonds is 5. The lowest BCUT2D eigenvalue weighted by molar-refractivity contribution is 0.0436. The number of aliphatic hydroxyl groups is 1. The molecule has 1 fully saturated rings. The smallest absolute Gasteiger partial charge is 0.317 e. The number of anilines is 1. The predicted octanol–water partition coefficient (Wildman–Crippen LogP) is 2.10. The Bertz CT molecular complexity index is 501. The molecular weight excluding hydrogens is 290 g/mol. The van der Waals surface area contributed by atoms with Crippen LogP contribution in [0.1, 0.15) is 25.3 Å². The quantitative estimate of drug-likeness (QED) is 0.817. The molecule has 0 bridgehead atoms. The van der Waals surface area contributed by atoms with Gasteiger partial charge in [-0.05, 0) is 42.9 Å². The van der Waals surface area contributed by atoms with E-state index in [0.717, 1.165) is 25.8 Å². The topological polar surface area (TPSA) is 55.8 Å². The normalized spacial score (nSPS) is 21.1. The van der Waals surface area contributed by atoms with Crippen molar-refractivity contribution >= 4 is 11.7 Å². The monoisotopic (exact) mass is 319 g/mol. The van der Waals surface area contributed by atoms with E-state index in [-0.39, 0.29) is 11.9 Å². The summed E-state index contributed by atoms with van der Waals surface area (Å²) in [6.45, 7) is 3.87. The number of carbonyl (C=O) groups is 1. The molecule has 2 amide bonds. The number of carbonyl (C=O) groups excluding carboxylic acids is 1. The fraction of sp³-hybridized carbons (Fsp3) is 0.611. The van der Waals surface area contributed by atoms with Gasteiger partial charge >= 0.3 is 6.03 Å². The maximum absolute atomic E-state index is 12.1. The molecule has 2 unspecified atom stereocenters. The molecule has 2 N–H and O–H groups in total. The van der Waals surface area contributed by atoms with Crippen molar-refractivity contribution in [2.75, 3.05) is 38.6 Å². The summed E-state index contributed by atoms with van der Waals surface area (Å²) in [4.78, 5) is 15.9. The molecule has 0 aromatic heterocycles. The molecule has 2 atom stereocenters. The third kappa shape index (κ3) is 5.13. The summed E-state index contributed by atoms with van der Waals surface area (Å²) < 4.78 is 0. The van der Waals surface area contributed by atoms with Gasteiger partial charge in [-0.1, -0.05) is 19.1 Å². The molecule has 1 aliphatic rings. The molecule has 5 nitrogen and oxygen atoms in total. The van der Waals surface area contributed by atoms with E-state index in [4.69, 9.17) is 0 Å². The van der Waals surface area contributed by atoms with Gasteiger partial charge in [-0.3, -0.25) is 0 Å². The number of nitrogens with one attached hydrogen (secondary N) is 1. The van der Waals surface area contributed by atoms with Crippen LogP contribution in [-0.4, -0.2) is 55.9 Å². The third-order valence-corrected chi connectivity index (χ3v) is 4.58. The zero-order chi connectivity index (χ0) is 16.8. The molecule has 1 aromatic carbocycles. The van der Waals surface area contributed by atoms with Crippen LogP contribution in [0.3, 0.4) is 0 Å². The number of likely N-dealkylation sites (tertiary alicyclic amines) is 1. The molecule has 1 aliphatic heterocycles. The summed E-state index contributed by atoms with van der Waals surface area (Å²) in [7, 11) is 4.06. The van der Waals surface area contributed by atoms with E-state index >= 15 is 0 Å². The van der Waals surface area contributed by atoms with Gasteiger partial charge in [0, 0.05) is 39.4 Å². The van der Waals surface area contributed by atoms with Gasteiger partial charge in [0.05, 0.1) is 6.10 Å². The lowest BCUT2D eigenvalue weighted by Gasteiger charge is -2.34. The van der Waals surface area contributed by atoms with E-state index in [1.54, 1.807) is 4.90 Å². The molecule has 2 rings (SSSR count). The van der Waals surface area contributed by atoms with Crippen LogP contribution >= 0.6 is 0 Å². The number of urea groups is 1. The molecule has 0 radical (unpaired) electrons. The van der Waals surface area contributed by atoms with Gasteiger partial charge in [0.25, 0.3) is 0 Å². The van der Waals surface area contributed by atoms with Crippen molar-refractivity contribution in [1.82, 2.24) is 10.2 Å². The molecule has 0 saturated carbocycles. The second kappa shape index (κ2) is 8.20. The van der Waals surface area contributed by atoms with Crippen LogP contribution in [0.2, 0.25) is 0 Å². The van der Waals surface area contributed by atoms with Gasteiger partial charge in [-0.2, -0.15) is 0 Å². The average Bonchev–Trinajstić information content (AvgIpc) is 2.54. The standard InChI is InChI=1S/C18H29N3O2/c1-14-10-12-21(13-17(14)22)18(23)19-11-4-5-15-6-8-16(9-7-15)20(2)3/h6-9,14,17,22H,4-5,10-13H2,1-3H3,(H,19,23). The summed E-state index contributed by atoms with van der Waals surface area (Å²) in [5.74, 6) is 0.282. The predicted molar refractivity (Wildman–Crippen MR) is 93.8 cm³/mol. The van der Waals surface area contributed by atoms with Crippen molar-refractivity contribution in [3.63, 3.8) is 0 Å². The summed E-state index contributed by atoms with van der Waals surface area (Å²) in [6.07, 6.45) is 2.34. The van der Waals surface area contributed by atoms with Gasteiger partial charge in [-0.15, -0.1) is 0 Å². The van der Waals surface area contributed by atoms with Crippen molar-refractivity contribution in [2.24, 2.45) is 5.92 Å². The highest BCUT2D eigenvalue weighted by molar-refractivity contribution is 5.74. The maximum atomic E-state index is 12.1. The molecule has 0 aliphatic carbocycles. The number of amides is 2. The summed E-state index contributed by atoms with van der Waals surface area (Å²) in [5.41, 5.74) is 2.48. The Kier molecular flexibility index (Phi) is 6.28. The second-order valence-electron chi connectivity index (χ2n) is 6.68. The van der Waals surface area contributed by atoms with Crippen LogP contribution < -0.4 is 10.2 Å². The zero-order valence-electron chi connectivity index (χ0n) is 14.5. The fourth-order valence-electron chi connectivity index (χ4n) is 2.79. The SMILES string of the molecule is CC1CCN(C(=O)NCCCc2ccc(N(C)C)cc2)CC1O. The van der Waals surface area contributed by atoms with Crippen LogP contribution in [0, 0.1) is 5.92 Å². The van der Waals surface area contributed by atoms with Crippen molar-refractivity contribution in [3.8, 4) is 0 Å². The number of hydrogen-bond donors (Lipinski definition) is 2. The first-order valence-electron chi connectivity index (χ1n) is 8.44. The second-order valence-corrected chi connectivity index (χ2v) is 6.68. The number of nitrogens with zero attached hydrogens (tertiary/aromatic N) is 2. The van der Waals surface area contributed by atoms with Crippen LogP contribution in [-0.2, 0) is 6.42 Å². The van der Waals surface area contributed by atoms with E-state index in [9.17, 15) is 9.90 Å². The first kappa shape index (κ1) is 17.6. The first-order chi connectivity index (χ1) is 11.0. The van der Waals surface area contributed by atoms with Gasteiger partial charge in [0.2, 0.25) is 0 Å². The fourth-order valence-corrected chi connectivity index (χ4v) is 2.79. The number of hydrogen-bond acceptors (Lipinski definition) is 3. The van der Waals surface area contributed by atoms with Gasteiger partial charge in [-0.25, -0.2) is 4.79 Å². The minimum absolute atomic E-state index is 0.0566. The molecule has 1 aromatic rings. The molecule has 0 spiro atoms. The molecule has 5 heteroatoms. The third-order valence-electron chi connectivity index (χ3n) is 4.58. The van der Waals surface area contributed by atoms with Crippen molar-refractivity contribution in [2.45, 2.75) is 32.3 Å². The molecule has 128 valence electrons. The highest BCUT2D eigenvalue weighted by atomic mass is 16.3. The van der Waals surface area contributed by atoms with E-state index < -0.39 is 6.10 Å². The summed E-state index contributed by atoms with van der Waals surface area (Å²) in [6, 6.07) is 8.45. The minimum Gasteiger partial charge on any atom is -0.391 e. The summed E-state index contributed by atoms with van der Waals surface area (Å²) >= 11 is 0. The van der Waals surface area contributed by atoms with Crippen molar-refractivity contribution in [3.05, 3.63) is 29.8 Å². The van der Waals surface area contributed by atoms with Crippen LogP contribution in [0.5, 0.6) is 0 Å². The van der Waals surface area contributed by atoms with Gasteiger partial charge in [0.1, 0.15) is 0 Å². The highest BCUT2D eigenvalue weighted by Crippen LogP contribution is 2.17. The number of aliphatic hydroxyl groups excluding tert-OH is 1. The Morgan fingerprint density at radius 3 is 2.65 bits per heavy atom. The Labute approximate surface area is 139 Å². The molecule has 1 saturated heterocycles. The Morgan fingerprint density at radius 1 is 1.35 bits per heavy atom. The molecular formula is C18H29N3O2. The average molecular weight is 319 g/mol. The van der Waals surface area contributed by atoms with E-state index in [1.807, 2.05) is 21.0 Å². The Hall–Kier alpha value is -1.75. The van der Waals surface area contributed by atoms with Crippen molar-refractivity contribution in [1.29, 1.82) is 0 Å².